The van der Waals surface area contributed by atoms with Crippen LogP contribution in [0.25, 0.3) is 0 Å². The fourth-order valence-corrected chi connectivity index (χ4v) is 2.47. The van der Waals surface area contributed by atoms with Crippen molar-refractivity contribution in [3.05, 3.63) is 54.1 Å². The maximum Gasteiger partial charge on any atom is 0.265 e. The second-order valence-corrected chi connectivity index (χ2v) is 4.94. The first kappa shape index (κ1) is 13.5. The van der Waals surface area contributed by atoms with Crippen molar-refractivity contribution in [2.45, 2.75) is 18.9 Å². The van der Waals surface area contributed by atoms with Gasteiger partial charge in [-0.1, -0.05) is 30.3 Å². The molecule has 1 N–H and O–H groups in total. The Labute approximate surface area is 123 Å². The van der Waals surface area contributed by atoms with E-state index in [2.05, 4.69) is 5.32 Å². The van der Waals surface area contributed by atoms with E-state index in [9.17, 15) is 4.79 Å². The zero-order chi connectivity index (χ0) is 14.7. The molecule has 2 aromatic carbocycles. The molecular weight excluding hydrogens is 266 g/mol. The maximum atomic E-state index is 12.4. The monoisotopic (exact) mass is 283 g/mol. The normalized spacial score (nSPS) is 16.5. The average molecular weight is 283 g/mol. The molecule has 1 unspecified atom stereocenters. The minimum absolute atomic E-state index is 0.144. The van der Waals surface area contributed by atoms with Gasteiger partial charge in [0, 0.05) is 0 Å². The lowest BCUT2D eigenvalue weighted by molar-refractivity contribution is -0.123. The van der Waals surface area contributed by atoms with E-state index < -0.39 is 6.10 Å². The van der Waals surface area contributed by atoms with Gasteiger partial charge in [-0.2, -0.15) is 0 Å². The van der Waals surface area contributed by atoms with E-state index in [4.69, 9.17) is 9.47 Å². The van der Waals surface area contributed by atoms with Crippen LogP contribution in [0.3, 0.4) is 0 Å². The van der Waals surface area contributed by atoms with Gasteiger partial charge in [0.2, 0.25) is 0 Å². The average Bonchev–Trinajstić information content (AvgIpc) is 2.55. The number of hydrogen-bond donors (Lipinski definition) is 1. The third-order valence-corrected chi connectivity index (χ3v) is 3.57. The van der Waals surface area contributed by atoms with Gasteiger partial charge in [-0.05, 0) is 36.6 Å². The lowest BCUT2D eigenvalue weighted by atomic mass is 10.0. The standard InChI is InChI=1S/C17H17NO3/c1-20-15-9-5-3-7-13(15)18-17(19)16-11-10-12-6-2-4-8-14(12)21-16/h2-9,16H,10-11H2,1H3,(H,18,19). The quantitative estimate of drug-likeness (QED) is 0.942. The highest BCUT2D eigenvalue weighted by Gasteiger charge is 2.26. The molecule has 1 heterocycles. The molecule has 0 fully saturated rings. The summed E-state index contributed by atoms with van der Waals surface area (Å²) in [5.41, 5.74) is 1.81. The van der Waals surface area contributed by atoms with Crippen LogP contribution in [0, 0.1) is 0 Å². The fraction of sp³-hybridized carbons (Fsp3) is 0.235. The van der Waals surface area contributed by atoms with Crippen molar-refractivity contribution in [3.63, 3.8) is 0 Å². The van der Waals surface area contributed by atoms with Gasteiger partial charge in [0.25, 0.3) is 5.91 Å². The van der Waals surface area contributed by atoms with Crippen LogP contribution in [0.15, 0.2) is 48.5 Å². The first-order chi connectivity index (χ1) is 10.3. The number of methoxy groups -OCH3 is 1. The number of rotatable bonds is 3. The molecular formula is C17H17NO3. The molecule has 3 rings (SSSR count). The summed E-state index contributed by atoms with van der Waals surface area (Å²) >= 11 is 0. The maximum absolute atomic E-state index is 12.4. The molecule has 1 aliphatic rings. The molecule has 4 nitrogen and oxygen atoms in total. The van der Waals surface area contributed by atoms with Crippen molar-refractivity contribution < 1.29 is 14.3 Å². The van der Waals surface area contributed by atoms with E-state index >= 15 is 0 Å². The van der Waals surface area contributed by atoms with E-state index in [1.54, 1.807) is 7.11 Å². The molecule has 0 radical (unpaired) electrons. The summed E-state index contributed by atoms with van der Waals surface area (Å²) in [7, 11) is 1.58. The molecule has 4 heteroatoms. The van der Waals surface area contributed by atoms with Gasteiger partial charge in [0.15, 0.2) is 6.10 Å². The predicted octanol–water partition coefficient (Wildman–Crippen LogP) is 3.03. The number of aryl methyl sites for hydroxylation is 1. The number of benzene rings is 2. The summed E-state index contributed by atoms with van der Waals surface area (Å²) in [6.07, 6.45) is 1.06. The van der Waals surface area contributed by atoms with Crippen molar-refractivity contribution >= 4 is 11.6 Å². The molecule has 2 aromatic rings. The first-order valence-corrected chi connectivity index (χ1v) is 6.96. The Morgan fingerprint density at radius 3 is 2.81 bits per heavy atom. The smallest absolute Gasteiger partial charge is 0.265 e. The summed E-state index contributed by atoms with van der Waals surface area (Å²) in [5, 5.41) is 2.87. The van der Waals surface area contributed by atoms with E-state index in [0.29, 0.717) is 17.9 Å². The number of carbonyl (C=O) groups is 1. The molecule has 1 atom stereocenters. The topological polar surface area (TPSA) is 47.6 Å². The van der Waals surface area contributed by atoms with Crippen LogP contribution in [-0.4, -0.2) is 19.1 Å². The highest BCUT2D eigenvalue weighted by atomic mass is 16.5. The molecule has 0 bridgehead atoms. The lowest BCUT2D eigenvalue weighted by Crippen LogP contribution is -2.35. The summed E-state index contributed by atoms with van der Waals surface area (Å²) in [6, 6.07) is 15.2. The van der Waals surface area contributed by atoms with Gasteiger partial charge < -0.3 is 14.8 Å². The van der Waals surface area contributed by atoms with Gasteiger partial charge >= 0.3 is 0 Å². The van der Waals surface area contributed by atoms with Crippen LogP contribution < -0.4 is 14.8 Å². The van der Waals surface area contributed by atoms with Crippen molar-refractivity contribution in [2.24, 2.45) is 0 Å². The number of carbonyl (C=O) groups excluding carboxylic acids is 1. The predicted molar refractivity (Wildman–Crippen MR) is 80.8 cm³/mol. The van der Waals surface area contributed by atoms with Crippen LogP contribution in [0.2, 0.25) is 0 Å². The van der Waals surface area contributed by atoms with Crippen molar-refractivity contribution in [3.8, 4) is 11.5 Å². The molecule has 0 saturated carbocycles. The third-order valence-electron chi connectivity index (χ3n) is 3.57. The van der Waals surface area contributed by atoms with E-state index in [-0.39, 0.29) is 5.91 Å². The van der Waals surface area contributed by atoms with Gasteiger partial charge in [-0.15, -0.1) is 0 Å². The number of ether oxygens (including phenoxy) is 2. The summed E-state index contributed by atoms with van der Waals surface area (Å²) < 4.78 is 11.0. The van der Waals surface area contributed by atoms with Crippen LogP contribution in [0.4, 0.5) is 5.69 Å². The number of fused-ring (bicyclic) bond motifs is 1. The van der Waals surface area contributed by atoms with Crippen LogP contribution in [0.1, 0.15) is 12.0 Å². The Balaban J connectivity index is 1.72. The molecule has 21 heavy (non-hydrogen) atoms. The summed E-state index contributed by atoms with van der Waals surface area (Å²) in [6.45, 7) is 0. The molecule has 0 spiro atoms. The largest absolute Gasteiger partial charge is 0.495 e. The van der Waals surface area contributed by atoms with Crippen LogP contribution >= 0.6 is 0 Å². The Morgan fingerprint density at radius 2 is 1.95 bits per heavy atom. The van der Waals surface area contributed by atoms with E-state index in [1.165, 1.54) is 0 Å². The Morgan fingerprint density at radius 1 is 1.19 bits per heavy atom. The van der Waals surface area contributed by atoms with Gasteiger partial charge in [-0.3, -0.25) is 4.79 Å². The Hall–Kier alpha value is -2.49. The van der Waals surface area contributed by atoms with Gasteiger partial charge in [0.05, 0.1) is 12.8 Å². The Bertz CT molecular complexity index is 654. The van der Waals surface area contributed by atoms with Crippen molar-refractivity contribution in [1.29, 1.82) is 0 Å². The SMILES string of the molecule is COc1ccccc1NC(=O)C1CCc2ccccc2O1. The van der Waals surface area contributed by atoms with E-state index in [0.717, 1.165) is 17.7 Å². The van der Waals surface area contributed by atoms with Crippen molar-refractivity contribution in [1.82, 2.24) is 0 Å². The summed E-state index contributed by atoms with van der Waals surface area (Å²) in [4.78, 5) is 12.4. The zero-order valence-electron chi connectivity index (χ0n) is 11.8. The second-order valence-electron chi connectivity index (χ2n) is 4.94. The molecule has 1 amide bonds. The minimum Gasteiger partial charge on any atom is -0.495 e. The number of amides is 1. The molecule has 0 aliphatic carbocycles. The number of nitrogens with one attached hydrogen (secondary N) is 1. The number of anilines is 1. The van der Waals surface area contributed by atoms with Crippen LogP contribution in [0.5, 0.6) is 11.5 Å². The van der Waals surface area contributed by atoms with Gasteiger partial charge in [0.1, 0.15) is 11.5 Å². The lowest BCUT2D eigenvalue weighted by Gasteiger charge is -2.25. The minimum atomic E-state index is -0.468. The summed E-state index contributed by atoms with van der Waals surface area (Å²) in [5.74, 6) is 1.29. The second kappa shape index (κ2) is 5.87. The van der Waals surface area contributed by atoms with E-state index in [1.807, 2.05) is 48.5 Å². The zero-order valence-corrected chi connectivity index (χ0v) is 11.8. The molecule has 0 saturated heterocycles. The fourth-order valence-electron chi connectivity index (χ4n) is 2.47. The van der Waals surface area contributed by atoms with Gasteiger partial charge in [-0.25, -0.2) is 0 Å². The number of para-hydroxylation sites is 3. The molecule has 1 aliphatic heterocycles. The highest BCUT2D eigenvalue weighted by Crippen LogP contribution is 2.28. The Kier molecular flexibility index (Phi) is 3.77. The number of hydrogen-bond acceptors (Lipinski definition) is 3. The third kappa shape index (κ3) is 2.84. The molecule has 108 valence electrons. The van der Waals surface area contributed by atoms with Crippen molar-refractivity contribution in [2.75, 3.05) is 12.4 Å². The molecule has 0 aromatic heterocycles. The highest BCUT2D eigenvalue weighted by molar-refractivity contribution is 5.95. The first-order valence-electron chi connectivity index (χ1n) is 6.96. The van der Waals surface area contributed by atoms with Crippen LogP contribution in [-0.2, 0) is 11.2 Å².